The molecule has 0 aromatic carbocycles. The number of carboxylic acid groups (broad SMARTS) is 1. The average molecular weight is 288 g/mol. The largest absolute Gasteiger partial charge is 0.478 e. The molecule has 0 radical (unpaired) electrons. The van der Waals surface area contributed by atoms with Crippen molar-refractivity contribution in [3.8, 4) is 0 Å². The zero-order valence-electron chi connectivity index (χ0n) is 9.78. The number of nitrogens with zero attached hydrogens (tertiary/aromatic N) is 1. The van der Waals surface area contributed by atoms with Crippen molar-refractivity contribution in [2.24, 2.45) is 5.92 Å². The monoisotopic (exact) mass is 287 g/mol. The van der Waals surface area contributed by atoms with Crippen molar-refractivity contribution < 1.29 is 14.4 Å². The molecule has 0 spiro atoms. The molecule has 2 unspecified atom stereocenters. The zero-order chi connectivity index (χ0) is 13.5. The quantitative estimate of drug-likeness (QED) is 0.849. The summed E-state index contributed by atoms with van der Waals surface area (Å²) in [5.41, 5.74) is 0.835. The Morgan fingerprint density at radius 3 is 2.78 bits per heavy atom. The van der Waals surface area contributed by atoms with E-state index in [0.717, 1.165) is 0 Å². The van der Waals surface area contributed by atoms with Crippen molar-refractivity contribution in [3.05, 3.63) is 40.3 Å². The summed E-state index contributed by atoms with van der Waals surface area (Å²) in [6, 6.07) is 1.63. The molecule has 0 fully saturated rings. The number of aliphatic carboxylic acids is 1. The summed E-state index contributed by atoms with van der Waals surface area (Å²) in [4.78, 5) is 9.86. The molecule has 1 aromatic heterocycles. The molecule has 1 aromatic rings. The predicted octanol–water partition coefficient (Wildman–Crippen LogP) is 3.20. The molecule has 1 heterocycles. The highest BCUT2D eigenvalue weighted by atomic mass is 35.5. The first-order valence-electron chi connectivity index (χ1n) is 5.31. The predicted molar refractivity (Wildman–Crippen MR) is 67.6 cm³/mol. The van der Waals surface area contributed by atoms with Crippen molar-refractivity contribution in [2.45, 2.75) is 18.7 Å². The van der Waals surface area contributed by atoms with Crippen molar-refractivity contribution in [1.29, 1.82) is 0 Å². The van der Waals surface area contributed by atoms with Crippen LogP contribution in [0.15, 0.2) is 33.3 Å². The lowest BCUT2D eigenvalue weighted by Gasteiger charge is -2.27. The molecule has 2 atom stereocenters. The van der Waals surface area contributed by atoms with Crippen molar-refractivity contribution >= 4 is 29.2 Å². The second kappa shape index (κ2) is 4.44. The van der Waals surface area contributed by atoms with Crippen molar-refractivity contribution in [3.63, 3.8) is 0 Å². The molecule has 0 bridgehead atoms. The van der Waals surface area contributed by atoms with E-state index in [9.17, 15) is 4.79 Å². The second-order valence-corrected chi connectivity index (χ2v) is 5.26. The van der Waals surface area contributed by atoms with Crippen LogP contribution in [0.2, 0.25) is 0 Å². The number of carboxylic acids is 1. The molecule has 6 heteroatoms. The van der Waals surface area contributed by atoms with Gasteiger partial charge in [0.1, 0.15) is 0 Å². The van der Waals surface area contributed by atoms with Crippen LogP contribution in [0.4, 0.5) is 0 Å². The highest BCUT2D eigenvalue weighted by Gasteiger charge is 2.40. The van der Waals surface area contributed by atoms with Crippen molar-refractivity contribution in [2.75, 3.05) is 0 Å². The minimum Gasteiger partial charge on any atom is -0.478 e. The van der Waals surface area contributed by atoms with E-state index in [4.69, 9.17) is 32.8 Å². The third-order valence-electron chi connectivity index (χ3n) is 2.82. The van der Waals surface area contributed by atoms with E-state index in [2.05, 4.69) is 5.16 Å². The average Bonchev–Trinajstić information content (AvgIpc) is 2.70. The molecular weight excluding hydrogens is 277 g/mol. The van der Waals surface area contributed by atoms with Gasteiger partial charge in [-0.2, -0.15) is 0 Å². The fourth-order valence-corrected chi connectivity index (χ4v) is 2.43. The topological polar surface area (TPSA) is 63.3 Å². The maximum absolute atomic E-state index is 11.2. The van der Waals surface area contributed by atoms with Crippen LogP contribution in [0.5, 0.6) is 0 Å². The lowest BCUT2D eigenvalue weighted by atomic mass is 9.87. The first-order valence-corrected chi connectivity index (χ1v) is 6.06. The molecule has 1 N–H and O–H groups in total. The molecule has 4 nitrogen and oxygen atoms in total. The number of carbonyl (C=O) groups is 1. The number of rotatable bonds is 2. The Hall–Kier alpha value is -1.26. The molecular formula is C12H11Cl2NO3. The number of hydrogen-bond donors (Lipinski definition) is 1. The maximum atomic E-state index is 11.2. The molecule has 0 amide bonds. The Labute approximate surface area is 114 Å². The van der Waals surface area contributed by atoms with Gasteiger partial charge in [0.2, 0.25) is 0 Å². The van der Waals surface area contributed by atoms with Crippen molar-refractivity contribution in [1.82, 2.24) is 5.16 Å². The lowest BCUT2D eigenvalue weighted by molar-refractivity contribution is -0.133. The summed E-state index contributed by atoms with van der Waals surface area (Å²) < 4.78 is 5.10. The number of aromatic nitrogens is 1. The van der Waals surface area contributed by atoms with Crippen LogP contribution < -0.4 is 0 Å². The van der Waals surface area contributed by atoms with Gasteiger partial charge in [0.15, 0.2) is 10.6 Å². The number of aryl methyl sites for hydroxylation is 1. The smallest absolute Gasteiger partial charge is 0.331 e. The Morgan fingerprint density at radius 2 is 2.28 bits per heavy atom. The van der Waals surface area contributed by atoms with Crippen LogP contribution in [0.25, 0.3) is 0 Å². The van der Waals surface area contributed by atoms with Crippen LogP contribution in [0.1, 0.15) is 18.4 Å². The van der Waals surface area contributed by atoms with Gasteiger partial charge in [0, 0.05) is 22.6 Å². The van der Waals surface area contributed by atoms with Gasteiger partial charge >= 0.3 is 5.97 Å². The summed E-state index contributed by atoms with van der Waals surface area (Å²) in [5.74, 6) is -1.01. The van der Waals surface area contributed by atoms with Gasteiger partial charge in [-0.25, -0.2) is 4.79 Å². The molecule has 2 rings (SSSR count). The van der Waals surface area contributed by atoms with Gasteiger partial charge in [0.05, 0.1) is 5.69 Å². The summed E-state index contributed by atoms with van der Waals surface area (Å²) >= 11 is 12.5. The Morgan fingerprint density at radius 1 is 1.61 bits per heavy atom. The van der Waals surface area contributed by atoms with Gasteiger partial charge in [-0.05, 0) is 13.0 Å². The van der Waals surface area contributed by atoms with Crippen LogP contribution in [0, 0.1) is 12.8 Å². The number of allylic oxidation sites excluding steroid dienone is 3. The third-order valence-corrected chi connectivity index (χ3v) is 3.84. The van der Waals surface area contributed by atoms with Crippen LogP contribution >= 0.6 is 23.2 Å². The zero-order valence-corrected chi connectivity index (χ0v) is 11.3. The van der Waals surface area contributed by atoms with E-state index in [-0.39, 0.29) is 11.5 Å². The SMILES string of the molecule is Cc1cc(C2(Cl)C=C(C(=O)O)C(C)C=C2Cl)on1. The highest BCUT2D eigenvalue weighted by molar-refractivity contribution is 6.40. The van der Waals surface area contributed by atoms with Gasteiger partial charge in [-0.15, -0.1) is 0 Å². The minimum atomic E-state index is -1.29. The van der Waals surface area contributed by atoms with Gasteiger partial charge in [-0.3, -0.25) is 0 Å². The molecule has 1 aliphatic rings. The fourth-order valence-electron chi connectivity index (χ4n) is 1.83. The second-order valence-electron chi connectivity index (χ2n) is 4.25. The normalized spacial score (nSPS) is 27.7. The van der Waals surface area contributed by atoms with Gasteiger partial charge in [0.25, 0.3) is 0 Å². The summed E-state index contributed by atoms with van der Waals surface area (Å²) in [5, 5.41) is 13.2. The summed E-state index contributed by atoms with van der Waals surface area (Å²) in [7, 11) is 0. The number of alkyl halides is 1. The molecule has 96 valence electrons. The summed E-state index contributed by atoms with van der Waals surface area (Å²) in [6.07, 6.45) is 3.01. The standard InChI is InChI=1S/C12H11Cl2NO3/c1-6-3-9(13)12(14,5-8(6)11(16)17)10-4-7(2)15-18-10/h3-6H,1-2H3,(H,16,17). The van der Waals surface area contributed by atoms with E-state index >= 15 is 0 Å². The first kappa shape index (κ1) is 13.2. The molecule has 0 aliphatic heterocycles. The Kier molecular flexibility index (Phi) is 3.25. The molecule has 1 aliphatic carbocycles. The molecule has 0 saturated carbocycles. The van der Waals surface area contributed by atoms with E-state index in [1.54, 1.807) is 26.0 Å². The van der Waals surface area contributed by atoms with Gasteiger partial charge in [-0.1, -0.05) is 41.4 Å². The third kappa shape index (κ3) is 2.06. The number of halogens is 2. The molecule has 18 heavy (non-hydrogen) atoms. The Bertz CT molecular complexity index is 561. The van der Waals surface area contributed by atoms with E-state index < -0.39 is 10.8 Å². The van der Waals surface area contributed by atoms with E-state index in [1.807, 2.05) is 0 Å². The summed E-state index contributed by atoms with van der Waals surface area (Å²) in [6.45, 7) is 3.49. The van der Waals surface area contributed by atoms with Crippen LogP contribution in [-0.2, 0) is 9.67 Å². The number of hydrogen-bond acceptors (Lipinski definition) is 3. The van der Waals surface area contributed by atoms with Gasteiger partial charge < -0.3 is 9.63 Å². The van der Waals surface area contributed by atoms with Crippen LogP contribution in [-0.4, -0.2) is 16.2 Å². The Balaban J connectivity index is 2.54. The minimum absolute atomic E-state index is 0.184. The highest BCUT2D eigenvalue weighted by Crippen LogP contribution is 2.45. The fraction of sp³-hybridized carbons (Fsp3) is 0.333. The van der Waals surface area contributed by atoms with E-state index in [0.29, 0.717) is 16.5 Å². The first-order chi connectivity index (χ1) is 8.34. The van der Waals surface area contributed by atoms with E-state index in [1.165, 1.54) is 6.08 Å². The maximum Gasteiger partial charge on any atom is 0.331 e. The van der Waals surface area contributed by atoms with Crippen LogP contribution in [0.3, 0.4) is 0 Å². The molecule has 0 saturated heterocycles. The lowest BCUT2D eigenvalue weighted by Crippen LogP contribution is -2.24.